The average molecular weight is 1420 g/mol. The topological polar surface area (TPSA) is 237 Å². The molecule has 0 heterocycles. The molecule has 0 fully saturated rings. The summed E-state index contributed by atoms with van der Waals surface area (Å²) in [7, 11) is -9.91. The average Bonchev–Trinajstić information content (AvgIpc) is 1.52. The van der Waals surface area contributed by atoms with E-state index in [0.717, 1.165) is 115 Å². The van der Waals surface area contributed by atoms with Crippen molar-refractivity contribution in [1.82, 2.24) is 0 Å². The van der Waals surface area contributed by atoms with E-state index in [-0.39, 0.29) is 25.7 Å². The lowest BCUT2D eigenvalue weighted by Crippen LogP contribution is -2.30. The molecule has 97 heavy (non-hydrogen) atoms. The van der Waals surface area contributed by atoms with Crippen LogP contribution >= 0.6 is 15.6 Å². The van der Waals surface area contributed by atoms with E-state index in [2.05, 4.69) is 41.5 Å². The summed E-state index contributed by atoms with van der Waals surface area (Å²) < 4.78 is 68.5. The number of phosphoric ester groups is 2. The first-order valence-corrected chi connectivity index (χ1v) is 43.5. The molecule has 6 atom stereocenters. The summed E-state index contributed by atoms with van der Waals surface area (Å²) in [6, 6.07) is 0. The minimum atomic E-state index is -4.96. The molecule has 0 aliphatic heterocycles. The van der Waals surface area contributed by atoms with E-state index in [0.29, 0.717) is 25.7 Å². The van der Waals surface area contributed by atoms with E-state index in [1.807, 2.05) is 0 Å². The summed E-state index contributed by atoms with van der Waals surface area (Å²) >= 11 is 0. The van der Waals surface area contributed by atoms with Crippen LogP contribution in [-0.4, -0.2) is 96.7 Å². The van der Waals surface area contributed by atoms with Crippen LogP contribution in [0.5, 0.6) is 0 Å². The minimum absolute atomic E-state index is 0.105. The van der Waals surface area contributed by atoms with Gasteiger partial charge in [0.1, 0.15) is 19.3 Å². The summed E-state index contributed by atoms with van der Waals surface area (Å²) in [6.07, 6.45) is 58.5. The first-order chi connectivity index (χ1) is 46.9. The lowest BCUT2D eigenvalue weighted by molar-refractivity contribution is -0.161. The molecule has 17 nitrogen and oxygen atoms in total. The minimum Gasteiger partial charge on any atom is -0.462 e. The number of carbonyl (C=O) groups excluding carboxylic acids is 4. The van der Waals surface area contributed by atoms with Crippen molar-refractivity contribution in [3.8, 4) is 0 Å². The number of rotatable bonds is 77. The van der Waals surface area contributed by atoms with Gasteiger partial charge in [0.2, 0.25) is 0 Å². The molecular formula is C78H152O17P2. The normalized spacial score (nSPS) is 14.2. The molecule has 0 aromatic rings. The van der Waals surface area contributed by atoms with Crippen LogP contribution in [0.15, 0.2) is 0 Å². The number of phosphoric acid groups is 2. The van der Waals surface area contributed by atoms with Gasteiger partial charge in [-0.3, -0.25) is 37.3 Å². The van der Waals surface area contributed by atoms with Gasteiger partial charge >= 0.3 is 39.5 Å². The van der Waals surface area contributed by atoms with Crippen molar-refractivity contribution in [2.45, 2.75) is 426 Å². The molecule has 0 saturated carbocycles. The third kappa shape index (κ3) is 70.9. The number of carbonyl (C=O) groups is 4. The quantitative estimate of drug-likeness (QED) is 0.0222. The molecule has 0 aromatic heterocycles. The lowest BCUT2D eigenvalue weighted by Gasteiger charge is -2.21. The van der Waals surface area contributed by atoms with Crippen LogP contribution in [0.2, 0.25) is 0 Å². The number of hydrogen-bond donors (Lipinski definition) is 3. The van der Waals surface area contributed by atoms with Gasteiger partial charge in [-0.2, -0.15) is 0 Å². The van der Waals surface area contributed by atoms with Gasteiger partial charge in [-0.25, -0.2) is 9.13 Å². The highest BCUT2D eigenvalue weighted by atomic mass is 31.2. The highest BCUT2D eigenvalue weighted by Gasteiger charge is 2.30. The molecule has 19 heteroatoms. The first-order valence-electron chi connectivity index (χ1n) is 40.5. The number of aliphatic hydroxyl groups is 1. The highest BCUT2D eigenvalue weighted by Crippen LogP contribution is 2.45. The molecule has 3 N–H and O–H groups in total. The Labute approximate surface area is 594 Å². The van der Waals surface area contributed by atoms with E-state index >= 15 is 0 Å². The Balaban J connectivity index is 5.18. The third-order valence-electron chi connectivity index (χ3n) is 18.6. The fraction of sp³-hybridized carbons (Fsp3) is 0.949. The van der Waals surface area contributed by atoms with Gasteiger partial charge < -0.3 is 33.8 Å². The molecule has 0 bridgehead atoms. The maximum absolute atomic E-state index is 13.1. The highest BCUT2D eigenvalue weighted by molar-refractivity contribution is 7.47. The summed E-state index contributed by atoms with van der Waals surface area (Å²) in [4.78, 5) is 72.7. The lowest BCUT2D eigenvalue weighted by atomic mass is 9.99. The van der Waals surface area contributed by atoms with E-state index in [9.17, 15) is 43.2 Å². The van der Waals surface area contributed by atoms with Gasteiger partial charge in [-0.1, -0.05) is 356 Å². The van der Waals surface area contributed by atoms with Crippen LogP contribution in [0.3, 0.4) is 0 Å². The van der Waals surface area contributed by atoms with Gasteiger partial charge in [0.25, 0.3) is 0 Å². The summed E-state index contributed by atoms with van der Waals surface area (Å²) in [5, 5.41) is 10.6. The SMILES string of the molecule is CCCCCCCCCCCCCCCCCCCCCCC(=O)O[C@H](COC(=O)CCCCCCCCCCCCCCCCC(C)CC)COP(=O)(O)OC[C@@H](O)COP(=O)(O)OC[C@@H](COC(=O)CCCCCCCCC)OC(=O)CCCCCCCCCCCC(C)C. The Morgan fingerprint density at radius 1 is 0.299 bits per heavy atom. The molecular weight excluding hydrogens is 1270 g/mol. The predicted octanol–water partition coefficient (Wildman–Crippen LogP) is 23.1. The Bertz CT molecular complexity index is 1870. The summed E-state index contributed by atoms with van der Waals surface area (Å²) in [5.74, 6) is -0.532. The van der Waals surface area contributed by atoms with Crippen molar-refractivity contribution < 1.29 is 80.2 Å². The second-order valence-electron chi connectivity index (χ2n) is 28.8. The first kappa shape index (κ1) is 95.1. The van der Waals surface area contributed by atoms with Crippen LogP contribution in [0.1, 0.15) is 408 Å². The zero-order chi connectivity index (χ0) is 71.4. The van der Waals surface area contributed by atoms with Gasteiger partial charge in [0.15, 0.2) is 12.2 Å². The molecule has 0 saturated heterocycles. The number of ether oxygens (including phenoxy) is 4. The Kier molecular flexibility index (Phi) is 68.4. The summed E-state index contributed by atoms with van der Waals surface area (Å²) in [6.45, 7) is 9.60. The van der Waals surface area contributed by atoms with Crippen molar-refractivity contribution in [3.63, 3.8) is 0 Å². The zero-order valence-corrected chi connectivity index (χ0v) is 65.2. The number of esters is 4. The smallest absolute Gasteiger partial charge is 0.462 e. The van der Waals surface area contributed by atoms with Crippen molar-refractivity contribution in [3.05, 3.63) is 0 Å². The largest absolute Gasteiger partial charge is 0.472 e. The van der Waals surface area contributed by atoms with Crippen LogP contribution in [0.4, 0.5) is 0 Å². The van der Waals surface area contributed by atoms with Crippen molar-refractivity contribution in [1.29, 1.82) is 0 Å². The molecule has 0 aliphatic rings. The van der Waals surface area contributed by atoms with Gasteiger partial charge in [-0.15, -0.1) is 0 Å². The molecule has 0 aromatic carbocycles. The van der Waals surface area contributed by atoms with Crippen LogP contribution in [0, 0.1) is 11.8 Å². The zero-order valence-electron chi connectivity index (χ0n) is 63.4. The van der Waals surface area contributed by atoms with E-state index in [1.54, 1.807) is 0 Å². The number of aliphatic hydroxyl groups excluding tert-OH is 1. The molecule has 3 unspecified atom stereocenters. The van der Waals surface area contributed by atoms with Crippen LogP contribution < -0.4 is 0 Å². The molecule has 576 valence electrons. The molecule has 0 aliphatic carbocycles. The predicted molar refractivity (Wildman–Crippen MR) is 395 cm³/mol. The second kappa shape index (κ2) is 69.8. The fourth-order valence-corrected chi connectivity index (χ4v) is 13.6. The molecule has 0 amide bonds. The maximum atomic E-state index is 13.1. The monoisotopic (exact) mass is 1420 g/mol. The molecule has 0 spiro atoms. The summed E-state index contributed by atoms with van der Waals surface area (Å²) in [5.41, 5.74) is 0. The molecule has 0 rings (SSSR count). The van der Waals surface area contributed by atoms with Crippen LogP contribution in [-0.2, 0) is 65.4 Å². The fourth-order valence-electron chi connectivity index (χ4n) is 12.0. The van der Waals surface area contributed by atoms with Crippen molar-refractivity contribution in [2.75, 3.05) is 39.6 Å². The molecule has 0 radical (unpaired) electrons. The van der Waals surface area contributed by atoms with E-state index in [4.69, 9.17) is 37.0 Å². The van der Waals surface area contributed by atoms with E-state index in [1.165, 1.54) is 212 Å². The number of hydrogen-bond acceptors (Lipinski definition) is 15. The van der Waals surface area contributed by atoms with Gasteiger partial charge in [0.05, 0.1) is 26.4 Å². The maximum Gasteiger partial charge on any atom is 0.472 e. The van der Waals surface area contributed by atoms with Gasteiger partial charge in [0, 0.05) is 25.7 Å². The van der Waals surface area contributed by atoms with E-state index < -0.39 is 97.5 Å². The Morgan fingerprint density at radius 2 is 0.526 bits per heavy atom. The van der Waals surface area contributed by atoms with Crippen LogP contribution in [0.25, 0.3) is 0 Å². The number of unbranched alkanes of at least 4 members (excludes halogenated alkanes) is 46. The third-order valence-corrected chi connectivity index (χ3v) is 20.5. The van der Waals surface area contributed by atoms with Gasteiger partial charge in [-0.05, 0) is 37.5 Å². The standard InChI is InChI=1S/C78H152O17P2/c1-7-10-12-14-16-17-18-19-20-21-22-23-24-25-30-33-38-44-50-56-62-77(82)95-74(67-89-76(81)61-55-49-43-37-32-29-27-26-28-31-36-42-47-53-59-71(6)9-3)69-93-97(86,87)91-65-72(79)64-90-96(84,85)92-68-73(66-88-75(80)60-54-48-40-15-13-11-8-2)94-78(83)63-57-51-45-39-34-35-41-46-52-58-70(4)5/h70-74,79H,7-69H2,1-6H3,(H,84,85)(H,86,87)/t71?,72-,73+,74+/m0/s1. The Hall–Kier alpha value is -1.94. The Morgan fingerprint density at radius 3 is 0.784 bits per heavy atom. The second-order valence-corrected chi connectivity index (χ2v) is 31.7. The van der Waals surface area contributed by atoms with Crippen molar-refractivity contribution in [2.24, 2.45) is 11.8 Å². The van der Waals surface area contributed by atoms with Crippen molar-refractivity contribution >= 4 is 39.5 Å².